The van der Waals surface area contributed by atoms with Crippen molar-refractivity contribution < 1.29 is 14.3 Å². The highest BCUT2D eigenvalue weighted by atomic mass is 79.9. The van der Waals surface area contributed by atoms with Crippen LogP contribution in [0, 0.1) is 0 Å². The average molecular weight is 632 g/mol. The van der Waals surface area contributed by atoms with E-state index in [1.54, 1.807) is 17.0 Å². The van der Waals surface area contributed by atoms with Gasteiger partial charge < -0.3 is 15.0 Å². The molecule has 4 rings (SSSR count). The SMILES string of the molecule is CCc1ccc(OCC(=O)N(Cc2ccc(Cl)c(Cl)c2)C(Cc2ccccc2)C(=O)NC2CCCC2)c(Br)c1. The van der Waals surface area contributed by atoms with Gasteiger partial charge in [-0.15, -0.1) is 0 Å². The zero-order valence-electron chi connectivity index (χ0n) is 22.0. The molecule has 1 atom stereocenters. The molecule has 0 heterocycles. The first-order chi connectivity index (χ1) is 18.8. The lowest BCUT2D eigenvalue weighted by Gasteiger charge is -2.32. The number of ether oxygens (including phenoxy) is 1. The smallest absolute Gasteiger partial charge is 0.261 e. The number of carbonyl (C=O) groups excluding carboxylic acids is 2. The lowest BCUT2D eigenvalue weighted by Crippen LogP contribution is -2.53. The number of nitrogens with one attached hydrogen (secondary N) is 1. The summed E-state index contributed by atoms with van der Waals surface area (Å²) in [7, 11) is 0. The summed E-state index contributed by atoms with van der Waals surface area (Å²) >= 11 is 16.0. The number of rotatable bonds is 11. The van der Waals surface area contributed by atoms with Crippen LogP contribution in [0.5, 0.6) is 5.75 Å². The van der Waals surface area contributed by atoms with Gasteiger partial charge in [0.05, 0.1) is 14.5 Å². The highest BCUT2D eigenvalue weighted by Crippen LogP contribution is 2.28. The minimum absolute atomic E-state index is 0.127. The third-order valence-corrected chi connectivity index (χ3v) is 8.42. The summed E-state index contributed by atoms with van der Waals surface area (Å²) < 4.78 is 6.74. The van der Waals surface area contributed by atoms with Crippen LogP contribution < -0.4 is 10.1 Å². The highest BCUT2D eigenvalue weighted by Gasteiger charge is 2.32. The van der Waals surface area contributed by atoms with E-state index in [2.05, 4.69) is 28.2 Å². The maximum Gasteiger partial charge on any atom is 0.261 e. The molecule has 1 N–H and O–H groups in total. The monoisotopic (exact) mass is 630 g/mol. The zero-order chi connectivity index (χ0) is 27.8. The van der Waals surface area contributed by atoms with Gasteiger partial charge in [-0.05, 0) is 76.1 Å². The van der Waals surface area contributed by atoms with Crippen LogP contribution in [0.2, 0.25) is 10.0 Å². The van der Waals surface area contributed by atoms with E-state index in [0.717, 1.165) is 53.3 Å². The first-order valence-corrected chi connectivity index (χ1v) is 14.9. The molecule has 1 unspecified atom stereocenters. The molecule has 1 aliphatic rings. The van der Waals surface area contributed by atoms with Gasteiger partial charge in [-0.1, -0.05) is 85.4 Å². The molecular formula is C31H33BrCl2N2O3. The second-order valence-corrected chi connectivity index (χ2v) is 11.5. The van der Waals surface area contributed by atoms with Gasteiger partial charge in [0.15, 0.2) is 6.61 Å². The van der Waals surface area contributed by atoms with E-state index in [9.17, 15) is 9.59 Å². The molecule has 0 saturated heterocycles. The molecule has 0 spiro atoms. The molecule has 1 saturated carbocycles. The summed E-state index contributed by atoms with van der Waals surface area (Å²) in [6, 6.07) is 20.2. The predicted octanol–water partition coefficient (Wildman–Crippen LogP) is 7.40. The second kappa shape index (κ2) is 14.2. The van der Waals surface area contributed by atoms with Gasteiger partial charge >= 0.3 is 0 Å². The van der Waals surface area contributed by atoms with Gasteiger partial charge in [-0.3, -0.25) is 9.59 Å². The van der Waals surface area contributed by atoms with Gasteiger partial charge in [0.1, 0.15) is 11.8 Å². The van der Waals surface area contributed by atoms with Gasteiger partial charge in [0.2, 0.25) is 5.91 Å². The Morgan fingerprint density at radius 1 is 0.974 bits per heavy atom. The van der Waals surface area contributed by atoms with Crippen molar-refractivity contribution >= 4 is 50.9 Å². The van der Waals surface area contributed by atoms with E-state index >= 15 is 0 Å². The predicted molar refractivity (Wildman–Crippen MR) is 160 cm³/mol. The molecule has 0 radical (unpaired) electrons. The van der Waals surface area contributed by atoms with Crippen molar-refractivity contribution in [1.29, 1.82) is 0 Å². The van der Waals surface area contributed by atoms with E-state index < -0.39 is 6.04 Å². The Bertz CT molecular complexity index is 1280. The van der Waals surface area contributed by atoms with Crippen molar-refractivity contribution in [1.82, 2.24) is 10.2 Å². The first kappa shape index (κ1) is 29.4. The number of aryl methyl sites for hydroxylation is 1. The summed E-state index contributed by atoms with van der Waals surface area (Å²) in [5.74, 6) is 0.118. The summed E-state index contributed by atoms with van der Waals surface area (Å²) in [5.41, 5.74) is 2.90. The Hall–Kier alpha value is -2.54. The number of carbonyl (C=O) groups is 2. The van der Waals surface area contributed by atoms with Crippen molar-refractivity contribution in [2.24, 2.45) is 0 Å². The quantitative estimate of drug-likeness (QED) is 0.240. The van der Waals surface area contributed by atoms with Gasteiger partial charge in [-0.2, -0.15) is 0 Å². The molecule has 0 aromatic heterocycles. The molecule has 0 bridgehead atoms. The molecule has 2 amide bonds. The fourth-order valence-corrected chi connectivity index (χ4v) is 5.72. The Balaban J connectivity index is 1.63. The molecule has 206 valence electrons. The van der Waals surface area contributed by atoms with Crippen molar-refractivity contribution in [3.63, 3.8) is 0 Å². The third-order valence-electron chi connectivity index (χ3n) is 7.07. The van der Waals surface area contributed by atoms with Crippen LogP contribution in [0.4, 0.5) is 0 Å². The maximum absolute atomic E-state index is 13.8. The third kappa shape index (κ3) is 8.23. The largest absolute Gasteiger partial charge is 0.483 e. The lowest BCUT2D eigenvalue weighted by atomic mass is 10.0. The molecular weight excluding hydrogens is 599 g/mol. The van der Waals surface area contributed by atoms with Crippen LogP contribution in [-0.4, -0.2) is 35.4 Å². The van der Waals surface area contributed by atoms with Gasteiger partial charge in [0, 0.05) is 19.0 Å². The van der Waals surface area contributed by atoms with Crippen LogP contribution >= 0.6 is 39.1 Å². The topological polar surface area (TPSA) is 58.6 Å². The summed E-state index contributed by atoms with van der Waals surface area (Å²) in [6.45, 7) is 2.05. The number of halogens is 3. The van der Waals surface area contributed by atoms with E-state index in [-0.39, 0.29) is 31.0 Å². The minimum Gasteiger partial charge on any atom is -0.483 e. The fourth-order valence-electron chi connectivity index (χ4n) is 4.86. The average Bonchev–Trinajstić information content (AvgIpc) is 3.45. The van der Waals surface area contributed by atoms with Crippen LogP contribution in [0.25, 0.3) is 0 Å². The number of amides is 2. The van der Waals surface area contributed by atoms with Crippen LogP contribution in [0.1, 0.15) is 49.3 Å². The van der Waals surface area contributed by atoms with E-state index in [0.29, 0.717) is 22.2 Å². The van der Waals surface area contributed by atoms with Crippen molar-refractivity contribution in [3.8, 4) is 5.75 Å². The number of hydrogen-bond acceptors (Lipinski definition) is 3. The summed E-state index contributed by atoms with van der Waals surface area (Å²) in [6.07, 6.45) is 5.37. The van der Waals surface area contributed by atoms with Gasteiger partial charge in [-0.25, -0.2) is 0 Å². The molecule has 5 nitrogen and oxygen atoms in total. The fraction of sp³-hybridized carbons (Fsp3) is 0.355. The van der Waals surface area contributed by atoms with E-state index in [4.69, 9.17) is 27.9 Å². The van der Waals surface area contributed by atoms with Crippen LogP contribution in [0.3, 0.4) is 0 Å². The lowest BCUT2D eigenvalue weighted by molar-refractivity contribution is -0.143. The molecule has 3 aromatic rings. The van der Waals surface area contributed by atoms with Crippen LogP contribution in [-0.2, 0) is 29.0 Å². The summed E-state index contributed by atoms with van der Waals surface area (Å²) in [5, 5.41) is 4.04. The van der Waals surface area contributed by atoms with Crippen molar-refractivity contribution in [3.05, 3.63) is 97.9 Å². The van der Waals surface area contributed by atoms with E-state index in [1.807, 2.05) is 54.6 Å². The number of hydrogen-bond donors (Lipinski definition) is 1. The Morgan fingerprint density at radius 2 is 1.69 bits per heavy atom. The Labute approximate surface area is 249 Å². The highest BCUT2D eigenvalue weighted by molar-refractivity contribution is 9.10. The Kier molecular flexibility index (Phi) is 10.7. The van der Waals surface area contributed by atoms with E-state index in [1.165, 1.54) is 0 Å². The number of nitrogens with zero attached hydrogens (tertiary/aromatic N) is 1. The molecule has 1 aliphatic carbocycles. The zero-order valence-corrected chi connectivity index (χ0v) is 25.1. The first-order valence-electron chi connectivity index (χ1n) is 13.3. The van der Waals surface area contributed by atoms with Crippen molar-refractivity contribution in [2.45, 2.75) is 64.1 Å². The summed E-state index contributed by atoms with van der Waals surface area (Å²) in [4.78, 5) is 29.2. The molecule has 39 heavy (non-hydrogen) atoms. The molecule has 1 fully saturated rings. The normalized spacial score (nSPS) is 14.2. The molecule has 3 aromatic carbocycles. The van der Waals surface area contributed by atoms with Crippen LogP contribution in [0.15, 0.2) is 71.2 Å². The Morgan fingerprint density at radius 3 is 2.36 bits per heavy atom. The molecule has 8 heteroatoms. The second-order valence-electron chi connectivity index (χ2n) is 9.87. The van der Waals surface area contributed by atoms with Crippen molar-refractivity contribution in [2.75, 3.05) is 6.61 Å². The number of benzene rings is 3. The minimum atomic E-state index is -0.732. The standard InChI is InChI=1S/C31H33BrCl2N2O3/c1-2-21-13-15-29(25(32)16-21)39-20-30(37)36(19-23-12-14-26(33)27(34)17-23)28(18-22-8-4-3-5-9-22)31(38)35-24-10-6-7-11-24/h3-5,8-9,12-17,24,28H,2,6-7,10-11,18-20H2,1H3,(H,35,38). The molecule has 0 aliphatic heterocycles. The van der Waals surface area contributed by atoms with Gasteiger partial charge in [0.25, 0.3) is 5.91 Å². The maximum atomic E-state index is 13.8.